The fourth-order valence-electron chi connectivity index (χ4n) is 4.08. The van der Waals surface area contributed by atoms with Crippen LogP contribution in [0.3, 0.4) is 0 Å². The van der Waals surface area contributed by atoms with Gasteiger partial charge < -0.3 is 19.9 Å². The molecule has 3 heterocycles. The number of nitrogens with one attached hydrogen (secondary N) is 1. The minimum Gasteiger partial charge on any atom is -0.448 e. The minimum absolute atomic E-state index is 0.292. The highest BCUT2D eigenvalue weighted by atomic mass is 32.1. The lowest BCUT2D eigenvalue weighted by atomic mass is 10.0. The maximum absolute atomic E-state index is 12.6. The molecule has 4 rings (SSSR count). The van der Waals surface area contributed by atoms with Crippen LogP contribution >= 0.6 is 11.3 Å². The molecule has 0 bridgehead atoms. The Kier molecular flexibility index (Phi) is 7.95. The first-order chi connectivity index (χ1) is 16.5. The Hall–Kier alpha value is -3.19. The summed E-state index contributed by atoms with van der Waals surface area (Å²) in [7, 11) is 2.11. The summed E-state index contributed by atoms with van der Waals surface area (Å²) in [5.41, 5.74) is 2.33. The molecule has 1 fully saturated rings. The number of carbonyl (C=O) groups is 2. The Labute approximate surface area is 204 Å². The lowest BCUT2D eigenvalue weighted by Gasteiger charge is -2.32. The Morgan fingerprint density at radius 3 is 2.68 bits per heavy atom. The Bertz CT molecular complexity index is 1080. The van der Waals surface area contributed by atoms with Crippen LogP contribution in [0.25, 0.3) is 6.08 Å². The highest BCUT2D eigenvalue weighted by Gasteiger charge is 2.28. The molecule has 9 heteroatoms. The van der Waals surface area contributed by atoms with Crippen molar-refractivity contribution in [2.45, 2.75) is 13.0 Å². The molecule has 2 amide bonds. The molecule has 1 aromatic heterocycles. The molecule has 178 valence electrons. The van der Waals surface area contributed by atoms with Crippen molar-refractivity contribution in [1.29, 1.82) is 5.26 Å². The summed E-state index contributed by atoms with van der Waals surface area (Å²) < 4.78 is 5.52. The Morgan fingerprint density at radius 2 is 1.94 bits per heavy atom. The second kappa shape index (κ2) is 11.3. The maximum atomic E-state index is 12.6. The van der Waals surface area contributed by atoms with Gasteiger partial charge >= 0.3 is 6.09 Å². The molecule has 1 saturated heterocycles. The van der Waals surface area contributed by atoms with E-state index in [-0.39, 0.29) is 12.0 Å². The van der Waals surface area contributed by atoms with Crippen LogP contribution in [0.1, 0.15) is 21.6 Å². The number of thiophene rings is 1. The van der Waals surface area contributed by atoms with Crippen molar-refractivity contribution in [3.05, 3.63) is 58.0 Å². The number of hydrogen-bond acceptors (Lipinski definition) is 7. The first-order valence-electron chi connectivity index (χ1n) is 11.4. The minimum atomic E-state index is -0.330. The maximum Gasteiger partial charge on any atom is 0.410 e. The predicted octanol–water partition coefficient (Wildman–Crippen LogP) is 3.01. The van der Waals surface area contributed by atoms with E-state index in [4.69, 9.17) is 4.74 Å². The van der Waals surface area contributed by atoms with Crippen LogP contribution in [0.15, 0.2) is 36.4 Å². The molecule has 8 nitrogen and oxygen atoms in total. The van der Waals surface area contributed by atoms with Crippen molar-refractivity contribution in [2.24, 2.45) is 0 Å². The predicted molar refractivity (Wildman–Crippen MR) is 133 cm³/mol. The fourth-order valence-corrected chi connectivity index (χ4v) is 5.30. The number of rotatable bonds is 6. The van der Waals surface area contributed by atoms with Crippen molar-refractivity contribution < 1.29 is 14.3 Å². The van der Waals surface area contributed by atoms with Gasteiger partial charge in [-0.2, -0.15) is 5.26 Å². The van der Waals surface area contributed by atoms with E-state index in [9.17, 15) is 14.9 Å². The number of amides is 2. The second-order valence-electron chi connectivity index (χ2n) is 8.48. The van der Waals surface area contributed by atoms with E-state index in [1.807, 2.05) is 30.3 Å². The monoisotopic (exact) mass is 479 g/mol. The molecular formula is C25H29N5O3S. The Morgan fingerprint density at radius 1 is 1.18 bits per heavy atom. The van der Waals surface area contributed by atoms with Crippen molar-refractivity contribution in [3.8, 4) is 6.07 Å². The number of likely N-dealkylation sites (N-methyl/N-ethyl adjacent to an activating group) is 1. The standard InChI is InChI=1S/C25H29N5O3S/c1-28-11-13-29(14-12-28)15-16-33-25(32)30-10-9-20-21(17-26)24(34-22(20)18-30)27-23(31)8-7-19-5-3-2-4-6-19/h2-8H,9-16,18H2,1H3,(H,27,31)/b8-7+. The van der Waals surface area contributed by atoms with Crippen LogP contribution in [0.5, 0.6) is 0 Å². The molecular weight excluding hydrogens is 450 g/mol. The summed E-state index contributed by atoms with van der Waals surface area (Å²) in [5.74, 6) is -0.292. The van der Waals surface area contributed by atoms with Crippen molar-refractivity contribution in [3.63, 3.8) is 0 Å². The van der Waals surface area contributed by atoms with Gasteiger partial charge in [0.25, 0.3) is 0 Å². The van der Waals surface area contributed by atoms with Crippen LogP contribution < -0.4 is 5.32 Å². The molecule has 2 aliphatic rings. The highest BCUT2D eigenvalue weighted by Crippen LogP contribution is 2.36. The molecule has 34 heavy (non-hydrogen) atoms. The zero-order chi connectivity index (χ0) is 23.9. The first-order valence-corrected chi connectivity index (χ1v) is 12.3. The normalized spacial score (nSPS) is 16.8. The van der Waals surface area contributed by atoms with Gasteiger partial charge in [0.05, 0.1) is 12.1 Å². The molecule has 0 spiro atoms. The number of ether oxygens (including phenoxy) is 1. The summed E-state index contributed by atoms with van der Waals surface area (Å²) in [6.07, 6.45) is 3.43. The summed E-state index contributed by atoms with van der Waals surface area (Å²) in [6, 6.07) is 11.8. The van der Waals surface area contributed by atoms with Crippen LogP contribution in [0.4, 0.5) is 9.80 Å². The van der Waals surface area contributed by atoms with E-state index < -0.39 is 0 Å². The van der Waals surface area contributed by atoms with Crippen LogP contribution in [-0.4, -0.2) is 79.6 Å². The number of nitrogens with zero attached hydrogens (tertiary/aromatic N) is 4. The molecule has 2 aliphatic heterocycles. The van der Waals surface area contributed by atoms with Crippen LogP contribution in [-0.2, 0) is 22.5 Å². The third kappa shape index (κ3) is 6.03. The number of nitriles is 1. The quantitative estimate of drug-likeness (QED) is 0.641. The SMILES string of the molecule is CN1CCN(CCOC(=O)N2CCc3c(sc(NC(=O)/C=C/c4ccccc4)c3C#N)C2)CC1. The number of anilines is 1. The lowest BCUT2D eigenvalue weighted by molar-refractivity contribution is -0.111. The van der Waals surface area contributed by atoms with Gasteiger partial charge in [-0.15, -0.1) is 11.3 Å². The number of benzene rings is 1. The van der Waals surface area contributed by atoms with Crippen molar-refractivity contribution in [1.82, 2.24) is 14.7 Å². The fraction of sp³-hybridized carbons (Fsp3) is 0.400. The van der Waals surface area contributed by atoms with Gasteiger partial charge in [0.15, 0.2) is 0 Å². The van der Waals surface area contributed by atoms with E-state index in [1.54, 1.807) is 11.0 Å². The average Bonchev–Trinajstić information content (AvgIpc) is 3.20. The zero-order valence-corrected chi connectivity index (χ0v) is 20.1. The third-order valence-corrected chi connectivity index (χ3v) is 7.25. The number of fused-ring (bicyclic) bond motifs is 1. The number of piperazine rings is 1. The van der Waals surface area contributed by atoms with Gasteiger partial charge in [-0.3, -0.25) is 9.69 Å². The van der Waals surface area contributed by atoms with E-state index in [0.29, 0.717) is 36.7 Å². The summed E-state index contributed by atoms with van der Waals surface area (Å²) >= 11 is 1.35. The first kappa shape index (κ1) is 24.0. The third-order valence-electron chi connectivity index (χ3n) is 6.12. The van der Waals surface area contributed by atoms with E-state index >= 15 is 0 Å². The van der Waals surface area contributed by atoms with E-state index in [1.165, 1.54) is 17.4 Å². The molecule has 0 unspecified atom stereocenters. The molecule has 1 aromatic carbocycles. The average molecular weight is 480 g/mol. The summed E-state index contributed by atoms with van der Waals surface area (Å²) in [6.45, 7) is 6.03. The number of carbonyl (C=O) groups excluding carboxylic acids is 2. The smallest absolute Gasteiger partial charge is 0.410 e. The van der Waals surface area contributed by atoms with E-state index in [2.05, 4.69) is 28.2 Å². The topological polar surface area (TPSA) is 88.9 Å². The molecule has 1 N–H and O–H groups in total. The van der Waals surface area contributed by atoms with Gasteiger partial charge in [0.2, 0.25) is 5.91 Å². The van der Waals surface area contributed by atoms with Crippen LogP contribution in [0, 0.1) is 11.3 Å². The van der Waals surface area contributed by atoms with Crippen molar-refractivity contribution in [2.75, 3.05) is 58.2 Å². The Balaban J connectivity index is 1.32. The van der Waals surface area contributed by atoms with Gasteiger partial charge in [0.1, 0.15) is 17.7 Å². The zero-order valence-electron chi connectivity index (χ0n) is 19.3. The van der Waals surface area contributed by atoms with Crippen molar-refractivity contribution >= 4 is 34.4 Å². The summed E-state index contributed by atoms with van der Waals surface area (Å²) in [4.78, 5) is 32.2. The second-order valence-corrected chi connectivity index (χ2v) is 9.59. The molecule has 0 radical (unpaired) electrons. The molecule has 2 aromatic rings. The molecule has 0 saturated carbocycles. The largest absolute Gasteiger partial charge is 0.448 e. The lowest BCUT2D eigenvalue weighted by Crippen LogP contribution is -2.46. The van der Waals surface area contributed by atoms with E-state index in [0.717, 1.165) is 48.7 Å². The van der Waals surface area contributed by atoms with Crippen LogP contribution in [0.2, 0.25) is 0 Å². The van der Waals surface area contributed by atoms with Gasteiger partial charge in [-0.1, -0.05) is 30.3 Å². The van der Waals surface area contributed by atoms with Gasteiger partial charge in [0, 0.05) is 50.2 Å². The van der Waals surface area contributed by atoms with Gasteiger partial charge in [-0.05, 0) is 30.7 Å². The highest BCUT2D eigenvalue weighted by molar-refractivity contribution is 7.16. The van der Waals surface area contributed by atoms with Gasteiger partial charge in [-0.25, -0.2) is 4.79 Å². The number of hydrogen-bond donors (Lipinski definition) is 1. The molecule has 0 atom stereocenters. The summed E-state index contributed by atoms with van der Waals surface area (Å²) in [5, 5.41) is 13.1. The molecule has 0 aliphatic carbocycles.